The lowest BCUT2D eigenvalue weighted by atomic mass is 10.0. The molecule has 0 aromatic heterocycles. The largest absolute Gasteiger partial charge is 0.396 e. The van der Waals surface area contributed by atoms with Crippen molar-refractivity contribution in [1.82, 2.24) is 4.72 Å². The molecule has 2 aromatic rings. The number of rotatable bonds is 8. The molecule has 0 radical (unpaired) electrons. The summed E-state index contributed by atoms with van der Waals surface area (Å²) in [6.45, 7) is 2.06. The number of aliphatic hydroxyl groups excluding tert-OH is 1. The number of hydrogen-bond donors (Lipinski definition) is 2. The van der Waals surface area contributed by atoms with Gasteiger partial charge in [-0.2, -0.15) is 0 Å². The van der Waals surface area contributed by atoms with Gasteiger partial charge in [-0.05, 0) is 54.7 Å². The molecule has 0 saturated heterocycles. The number of benzene rings is 2. The second-order valence-corrected chi connectivity index (χ2v) is 7.36. The molecule has 0 bridgehead atoms. The first-order valence-corrected chi connectivity index (χ1v) is 9.56. The molecular weight excluding hydrogens is 348 g/mol. The van der Waals surface area contributed by atoms with Gasteiger partial charge in [-0.15, -0.1) is 0 Å². The summed E-state index contributed by atoms with van der Waals surface area (Å²) in [6.07, 6.45) is 1.51. The van der Waals surface area contributed by atoms with E-state index in [1.54, 1.807) is 6.07 Å². The summed E-state index contributed by atoms with van der Waals surface area (Å²) in [5, 5.41) is 8.74. The van der Waals surface area contributed by atoms with E-state index in [1.807, 2.05) is 6.92 Å². The Morgan fingerprint density at radius 2 is 1.84 bits per heavy atom. The van der Waals surface area contributed by atoms with E-state index >= 15 is 0 Å². The Balaban J connectivity index is 2.33. The smallest absolute Gasteiger partial charge is 0.240 e. The first-order valence-electron chi connectivity index (χ1n) is 8.08. The molecule has 0 aliphatic rings. The van der Waals surface area contributed by atoms with Crippen molar-refractivity contribution in [3.05, 3.63) is 53.6 Å². The van der Waals surface area contributed by atoms with Gasteiger partial charge in [-0.3, -0.25) is 0 Å². The highest BCUT2D eigenvalue weighted by Crippen LogP contribution is 2.27. The van der Waals surface area contributed by atoms with E-state index in [-0.39, 0.29) is 23.6 Å². The fraction of sp³-hybridized carbons (Fsp3) is 0.333. The highest BCUT2D eigenvalue weighted by atomic mass is 32.2. The van der Waals surface area contributed by atoms with Gasteiger partial charge in [0.1, 0.15) is 11.6 Å². The van der Waals surface area contributed by atoms with Crippen LogP contribution in [0.5, 0.6) is 0 Å². The maximum Gasteiger partial charge on any atom is 0.240 e. The lowest BCUT2D eigenvalue weighted by Crippen LogP contribution is -2.26. The highest BCUT2D eigenvalue weighted by Gasteiger charge is 2.18. The van der Waals surface area contributed by atoms with E-state index in [1.165, 1.54) is 18.2 Å². The zero-order valence-corrected chi connectivity index (χ0v) is 14.7. The second-order valence-electron chi connectivity index (χ2n) is 5.63. The molecule has 0 unspecified atom stereocenters. The van der Waals surface area contributed by atoms with Crippen molar-refractivity contribution < 1.29 is 22.3 Å². The molecule has 0 aliphatic heterocycles. The zero-order chi connectivity index (χ0) is 18.4. The van der Waals surface area contributed by atoms with Crippen molar-refractivity contribution in [2.45, 2.75) is 31.1 Å². The summed E-state index contributed by atoms with van der Waals surface area (Å²) in [5.74, 6) is -1.36. The van der Waals surface area contributed by atoms with Gasteiger partial charge in [0.25, 0.3) is 0 Å². The van der Waals surface area contributed by atoms with E-state index in [2.05, 4.69) is 4.72 Å². The molecule has 0 atom stereocenters. The van der Waals surface area contributed by atoms with E-state index in [0.717, 1.165) is 12.1 Å². The topological polar surface area (TPSA) is 66.4 Å². The first kappa shape index (κ1) is 19.5. The molecule has 2 rings (SSSR count). The monoisotopic (exact) mass is 369 g/mol. The van der Waals surface area contributed by atoms with E-state index in [0.29, 0.717) is 30.4 Å². The van der Waals surface area contributed by atoms with Gasteiger partial charge in [0.2, 0.25) is 10.0 Å². The molecule has 25 heavy (non-hydrogen) atoms. The number of nitrogens with one attached hydrogen (secondary N) is 1. The van der Waals surface area contributed by atoms with Crippen LogP contribution in [0.15, 0.2) is 41.3 Å². The fourth-order valence-corrected chi connectivity index (χ4v) is 3.89. The number of hydrogen-bond acceptors (Lipinski definition) is 3. The molecule has 0 amide bonds. The Labute approximate surface area is 146 Å². The van der Waals surface area contributed by atoms with Crippen LogP contribution in [-0.4, -0.2) is 26.7 Å². The highest BCUT2D eigenvalue weighted by molar-refractivity contribution is 7.89. The molecule has 0 aliphatic carbocycles. The van der Waals surface area contributed by atoms with Crippen LogP contribution in [0, 0.1) is 11.6 Å². The van der Waals surface area contributed by atoms with E-state index in [9.17, 15) is 17.2 Å². The Morgan fingerprint density at radius 3 is 2.48 bits per heavy atom. The van der Waals surface area contributed by atoms with E-state index in [4.69, 9.17) is 5.11 Å². The van der Waals surface area contributed by atoms with Crippen molar-refractivity contribution in [2.75, 3.05) is 13.2 Å². The molecule has 0 spiro atoms. The second kappa shape index (κ2) is 8.51. The summed E-state index contributed by atoms with van der Waals surface area (Å²) in [6, 6.07) is 7.86. The minimum Gasteiger partial charge on any atom is -0.396 e. The first-order chi connectivity index (χ1) is 11.9. The molecule has 136 valence electrons. The van der Waals surface area contributed by atoms with Crippen molar-refractivity contribution in [2.24, 2.45) is 0 Å². The summed E-state index contributed by atoms with van der Waals surface area (Å²) < 4.78 is 54.4. The maximum atomic E-state index is 14.0. The molecule has 0 heterocycles. The normalized spacial score (nSPS) is 11.7. The lowest BCUT2D eigenvalue weighted by Gasteiger charge is -2.13. The zero-order valence-electron chi connectivity index (χ0n) is 13.9. The van der Waals surface area contributed by atoms with Crippen molar-refractivity contribution in [3.63, 3.8) is 0 Å². The quantitative estimate of drug-likeness (QED) is 0.702. The summed E-state index contributed by atoms with van der Waals surface area (Å²) in [5.41, 5.74) is 1.26. The number of aliphatic hydroxyl groups is 1. The Hall–Kier alpha value is -1.83. The van der Waals surface area contributed by atoms with Crippen molar-refractivity contribution in [1.29, 1.82) is 0 Å². The van der Waals surface area contributed by atoms with Crippen molar-refractivity contribution >= 4 is 10.0 Å². The third kappa shape index (κ3) is 4.84. The minimum atomic E-state index is -3.68. The van der Waals surface area contributed by atoms with Gasteiger partial charge in [-0.1, -0.05) is 13.0 Å². The van der Waals surface area contributed by atoms with Crippen molar-refractivity contribution in [3.8, 4) is 11.1 Å². The third-order valence-electron chi connectivity index (χ3n) is 3.85. The minimum absolute atomic E-state index is 0.0138. The maximum absolute atomic E-state index is 14.0. The lowest BCUT2D eigenvalue weighted by molar-refractivity contribution is 0.285. The van der Waals surface area contributed by atoms with Crippen LogP contribution in [0.1, 0.15) is 25.3 Å². The van der Waals surface area contributed by atoms with Crippen LogP contribution in [-0.2, 0) is 16.4 Å². The third-order valence-corrected chi connectivity index (χ3v) is 5.41. The molecule has 7 heteroatoms. The number of halogens is 2. The molecule has 4 nitrogen and oxygen atoms in total. The van der Waals surface area contributed by atoms with Crippen LogP contribution in [0.4, 0.5) is 8.78 Å². The fourth-order valence-electron chi connectivity index (χ4n) is 2.53. The summed E-state index contributed by atoms with van der Waals surface area (Å²) in [4.78, 5) is 0.144. The van der Waals surface area contributed by atoms with Gasteiger partial charge < -0.3 is 5.11 Å². The number of unbranched alkanes of at least 4 members (excludes halogenated alkanes) is 1. The van der Waals surface area contributed by atoms with Gasteiger partial charge in [-0.25, -0.2) is 21.9 Å². The number of sulfonamides is 1. The van der Waals surface area contributed by atoms with Crippen LogP contribution >= 0.6 is 0 Å². The molecule has 0 saturated carbocycles. The number of aryl methyl sites for hydroxylation is 1. The molecule has 0 fully saturated rings. The van der Waals surface area contributed by atoms with Crippen LogP contribution in [0.3, 0.4) is 0 Å². The van der Waals surface area contributed by atoms with Crippen LogP contribution < -0.4 is 4.72 Å². The van der Waals surface area contributed by atoms with E-state index < -0.39 is 21.7 Å². The molecule has 2 aromatic carbocycles. The molecular formula is C18H21F2NO3S. The van der Waals surface area contributed by atoms with Gasteiger partial charge in [0.05, 0.1) is 4.90 Å². The van der Waals surface area contributed by atoms with Gasteiger partial charge >= 0.3 is 0 Å². The standard InChI is InChI=1S/C18H21F2NO3S/c1-2-13-11-14(16-7-6-15(19)12-17(16)20)5-8-18(13)25(23,24)21-9-3-4-10-22/h5-8,11-12,21-22H,2-4,9-10H2,1H3. The average Bonchev–Trinajstić information content (AvgIpc) is 2.58. The van der Waals surface area contributed by atoms with Gasteiger partial charge in [0, 0.05) is 24.8 Å². The average molecular weight is 369 g/mol. The van der Waals surface area contributed by atoms with Gasteiger partial charge in [0.15, 0.2) is 0 Å². The Kier molecular flexibility index (Phi) is 6.64. The SMILES string of the molecule is CCc1cc(-c2ccc(F)cc2F)ccc1S(=O)(=O)NCCCCO. The van der Waals surface area contributed by atoms with Crippen LogP contribution in [0.2, 0.25) is 0 Å². The Bertz CT molecular complexity index is 838. The molecule has 2 N–H and O–H groups in total. The predicted molar refractivity (Wildman–Crippen MR) is 92.7 cm³/mol. The summed E-state index contributed by atoms with van der Waals surface area (Å²) in [7, 11) is -3.68. The van der Waals surface area contributed by atoms with Crippen LogP contribution in [0.25, 0.3) is 11.1 Å². The Morgan fingerprint density at radius 1 is 1.08 bits per heavy atom. The predicted octanol–water partition coefficient (Wildman–Crippen LogP) is 3.25. The summed E-state index contributed by atoms with van der Waals surface area (Å²) >= 11 is 0.